The molecule has 0 aliphatic rings. The van der Waals surface area contributed by atoms with Crippen molar-refractivity contribution in [2.75, 3.05) is 6.61 Å². The van der Waals surface area contributed by atoms with Crippen molar-refractivity contribution in [3.8, 4) is 11.5 Å². The predicted octanol–water partition coefficient (Wildman–Crippen LogP) is 4.29. The fraction of sp³-hybridized carbons (Fsp3) is 0.533. The maximum absolute atomic E-state index is 12.1. The molecular weight excluding hydrogens is 300 g/mol. The molecule has 0 fully saturated rings. The number of rotatable bonds is 6. The van der Waals surface area contributed by atoms with Crippen molar-refractivity contribution in [3.05, 3.63) is 23.8 Å². The molecule has 0 aliphatic heterocycles. The SMILES string of the molecule is CCOc1cc(C(=O)O[Si](C)(C)C)ccc1O[Si](C)(C)C. The third-order valence-electron chi connectivity index (χ3n) is 2.29. The fourth-order valence-electron chi connectivity index (χ4n) is 1.65. The zero-order valence-electron chi connectivity index (χ0n) is 14.1. The van der Waals surface area contributed by atoms with E-state index < -0.39 is 16.6 Å². The molecule has 0 radical (unpaired) electrons. The molecule has 0 saturated heterocycles. The van der Waals surface area contributed by atoms with Crippen molar-refractivity contribution < 1.29 is 18.4 Å². The average molecular weight is 327 g/mol. The van der Waals surface area contributed by atoms with Gasteiger partial charge in [-0.3, -0.25) is 0 Å². The first-order valence-corrected chi connectivity index (χ1v) is 14.0. The quantitative estimate of drug-likeness (QED) is 0.732. The normalized spacial score (nSPS) is 12.0. The molecule has 0 heterocycles. The Balaban J connectivity index is 3.05. The highest BCUT2D eigenvalue weighted by Crippen LogP contribution is 2.31. The highest BCUT2D eigenvalue weighted by Gasteiger charge is 2.23. The summed E-state index contributed by atoms with van der Waals surface area (Å²) in [6.07, 6.45) is 0. The minimum Gasteiger partial charge on any atom is -0.542 e. The maximum atomic E-state index is 12.1. The van der Waals surface area contributed by atoms with Gasteiger partial charge in [-0.2, -0.15) is 0 Å². The van der Waals surface area contributed by atoms with Gasteiger partial charge in [0.2, 0.25) is 16.6 Å². The molecule has 0 amide bonds. The Labute approximate surface area is 129 Å². The fourth-order valence-corrected chi connectivity index (χ4v) is 3.16. The number of ether oxygens (including phenoxy) is 1. The molecule has 0 N–H and O–H groups in total. The van der Waals surface area contributed by atoms with Crippen LogP contribution >= 0.6 is 0 Å². The summed E-state index contributed by atoms with van der Waals surface area (Å²) in [4.78, 5) is 12.1. The summed E-state index contributed by atoms with van der Waals surface area (Å²) in [6, 6.07) is 5.24. The van der Waals surface area contributed by atoms with Crippen LogP contribution < -0.4 is 9.16 Å². The largest absolute Gasteiger partial charge is 0.542 e. The van der Waals surface area contributed by atoms with E-state index in [1.807, 2.05) is 26.6 Å². The van der Waals surface area contributed by atoms with Crippen molar-refractivity contribution in [1.29, 1.82) is 0 Å². The Morgan fingerprint density at radius 3 is 2.10 bits per heavy atom. The van der Waals surface area contributed by atoms with Crippen molar-refractivity contribution in [2.24, 2.45) is 0 Å². The van der Waals surface area contributed by atoms with Gasteiger partial charge in [0.1, 0.15) is 5.75 Å². The minimum atomic E-state index is -1.91. The van der Waals surface area contributed by atoms with Crippen molar-refractivity contribution in [3.63, 3.8) is 0 Å². The first-order valence-electron chi connectivity index (χ1n) is 7.21. The molecule has 0 atom stereocenters. The highest BCUT2D eigenvalue weighted by molar-refractivity contribution is 6.71. The number of carbonyl (C=O) groups is 1. The number of carbonyl (C=O) groups excluding carboxylic acids is 1. The summed E-state index contributed by atoms with van der Waals surface area (Å²) in [5, 5.41) is 0. The molecular formula is C15H26O4Si2. The Kier molecular flexibility index (Phi) is 5.63. The van der Waals surface area contributed by atoms with E-state index in [-0.39, 0.29) is 5.97 Å². The molecule has 1 aromatic rings. The second-order valence-electron chi connectivity index (χ2n) is 6.81. The van der Waals surface area contributed by atoms with Crippen LogP contribution in [0.4, 0.5) is 0 Å². The van der Waals surface area contributed by atoms with Crippen molar-refractivity contribution in [2.45, 2.75) is 46.2 Å². The van der Waals surface area contributed by atoms with Gasteiger partial charge in [0, 0.05) is 0 Å². The molecule has 1 rings (SSSR count). The molecule has 0 bridgehead atoms. The summed E-state index contributed by atoms with van der Waals surface area (Å²) < 4.78 is 17.1. The lowest BCUT2D eigenvalue weighted by Gasteiger charge is -2.22. The van der Waals surface area contributed by atoms with Gasteiger partial charge >= 0.3 is 5.97 Å². The molecule has 6 heteroatoms. The van der Waals surface area contributed by atoms with Gasteiger partial charge in [-0.05, 0) is 64.4 Å². The van der Waals surface area contributed by atoms with Crippen LogP contribution in [-0.4, -0.2) is 29.2 Å². The molecule has 0 spiro atoms. The van der Waals surface area contributed by atoms with E-state index in [9.17, 15) is 4.79 Å². The minimum absolute atomic E-state index is 0.297. The Bertz CT molecular complexity index is 501. The molecule has 0 aliphatic carbocycles. The van der Waals surface area contributed by atoms with Crippen molar-refractivity contribution in [1.82, 2.24) is 0 Å². The zero-order valence-corrected chi connectivity index (χ0v) is 16.1. The number of benzene rings is 1. The summed E-state index contributed by atoms with van der Waals surface area (Å²) in [5.74, 6) is 1.00. The van der Waals surface area contributed by atoms with Gasteiger partial charge in [-0.25, -0.2) is 4.79 Å². The third-order valence-corrected chi connectivity index (χ3v) is 3.92. The van der Waals surface area contributed by atoms with Crippen LogP contribution in [-0.2, 0) is 4.43 Å². The lowest BCUT2D eigenvalue weighted by atomic mass is 10.2. The predicted molar refractivity (Wildman–Crippen MR) is 90.3 cm³/mol. The van der Waals surface area contributed by atoms with E-state index in [2.05, 4.69) is 19.6 Å². The summed E-state index contributed by atoms with van der Waals surface area (Å²) in [7, 11) is -3.64. The number of hydrogen-bond donors (Lipinski definition) is 0. The monoisotopic (exact) mass is 326 g/mol. The lowest BCUT2D eigenvalue weighted by molar-refractivity contribution is 0.0724. The third kappa shape index (κ3) is 6.35. The lowest BCUT2D eigenvalue weighted by Crippen LogP contribution is -2.30. The molecule has 4 nitrogen and oxygen atoms in total. The average Bonchev–Trinajstić information content (AvgIpc) is 2.27. The molecule has 21 heavy (non-hydrogen) atoms. The zero-order chi connectivity index (χ0) is 16.3. The number of hydrogen-bond acceptors (Lipinski definition) is 4. The van der Waals surface area contributed by atoms with Crippen molar-refractivity contribution >= 4 is 22.6 Å². The van der Waals surface area contributed by atoms with Crippen LogP contribution in [0, 0.1) is 0 Å². The molecule has 0 saturated carbocycles. The second-order valence-corrected chi connectivity index (χ2v) is 15.7. The van der Waals surface area contributed by atoms with Crippen LogP contribution in [0.5, 0.6) is 11.5 Å². The van der Waals surface area contributed by atoms with Gasteiger partial charge in [-0.1, -0.05) is 0 Å². The molecule has 0 aromatic heterocycles. The van der Waals surface area contributed by atoms with E-state index in [4.69, 9.17) is 13.6 Å². The molecule has 118 valence electrons. The van der Waals surface area contributed by atoms with Gasteiger partial charge in [0.25, 0.3) is 0 Å². The maximum Gasteiger partial charge on any atom is 0.324 e. The van der Waals surface area contributed by atoms with Gasteiger partial charge in [0.15, 0.2) is 5.75 Å². The summed E-state index contributed by atoms with van der Waals surface area (Å²) >= 11 is 0. The van der Waals surface area contributed by atoms with E-state index in [0.29, 0.717) is 23.7 Å². The first kappa shape index (κ1) is 17.8. The van der Waals surface area contributed by atoms with E-state index in [1.54, 1.807) is 18.2 Å². The molecule has 1 aromatic carbocycles. The van der Waals surface area contributed by atoms with Crippen LogP contribution in [0.3, 0.4) is 0 Å². The Morgan fingerprint density at radius 2 is 1.62 bits per heavy atom. The topological polar surface area (TPSA) is 44.8 Å². The second kappa shape index (κ2) is 6.66. The molecule has 0 unspecified atom stereocenters. The summed E-state index contributed by atoms with van der Waals surface area (Å²) in [5.41, 5.74) is 0.504. The smallest absolute Gasteiger partial charge is 0.324 e. The van der Waals surface area contributed by atoms with Crippen LogP contribution in [0.25, 0.3) is 0 Å². The highest BCUT2D eigenvalue weighted by atomic mass is 28.4. The van der Waals surface area contributed by atoms with Gasteiger partial charge in [0.05, 0.1) is 12.2 Å². The van der Waals surface area contributed by atoms with Gasteiger partial charge < -0.3 is 13.6 Å². The van der Waals surface area contributed by atoms with Crippen LogP contribution in [0.1, 0.15) is 17.3 Å². The van der Waals surface area contributed by atoms with E-state index in [0.717, 1.165) is 0 Å². The Hall–Kier alpha value is -1.28. The van der Waals surface area contributed by atoms with E-state index in [1.165, 1.54) is 0 Å². The Morgan fingerprint density at radius 1 is 1.00 bits per heavy atom. The standard InChI is InChI=1S/C15H26O4Si2/c1-8-17-14-11-12(15(16)19-21(5,6)7)9-10-13(14)18-20(2,3)4/h9-11H,8H2,1-7H3. The van der Waals surface area contributed by atoms with E-state index >= 15 is 0 Å². The first-order chi connectivity index (χ1) is 9.52. The summed E-state index contributed by atoms with van der Waals surface area (Å²) in [6.45, 7) is 14.7. The van der Waals surface area contributed by atoms with Gasteiger partial charge in [-0.15, -0.1) is 0 Å². The van der Waals surface area contributed by atoms with Crippen LogP contribution in [0.2, 0.25) is 39.3 Å². The van der Waals surface area contributed by atoms with Crippen LogP contribution in [0.15, 0.2) is 18.2 Å².